The highest BCUT2D eigenvalue weighted by Gasteiger charge is 2.17. The summed E-state index contributed by atoms with van der Waals surface area (Å²) >= 11 is 0. The van der Waals surface area contributed by atoms with Crippen LogP contribution in [0.25, 0.3) is 5.32 Å². The zero-order chi connectivity index (χ0) is 27.0. The molecule has 0 spiro atoms. The Balaban J connectivity index is 2.17. The molecule has 0 radical (unpaired) electrons. The average molecular weight is 512 g/mol. The number of guanidine groups is 1. The number of aromatic nitrogens is 2. The molecule has 0 aliphatic carbocycles. The van der Waals surface area contributed by atoms with Gasteiger partial charge < -0.3 is 37.7 Å². The molecule has 2 aromatic rings. The predicted octanol–water partition coefficient (Wildman–Crippen LogP) is 3.47. The fourth-order valence-electron chi connectivity index (χ4n) is 4.38. The second-order valence-electron chi connectivity index (χ2n) is 9.48. The van der Waals surface area contributed by atoms with E-state index in [4.69, 9.17) is 22.5 Å². The van der Waals surface area contributed by atoms with E-state index in [9.17, 15) is 15.0 Å². The van der Waals surface area contributed by atoms with E-state index in [0.29, 0.717) is 17.8 Å². The van der Waals surface area contributed by atoms with Gasteiger partial charge in [0.25, 0.3) is 0 Å². The number of pyridine rings is 1. The zero-order valence-electron chi connectivity index (χ0n) is 21.7. The number of H-pyrrole nitrogens is 1. The Morgan fingerprint density at radius 1 is 1.19 bits per heavy atom. The first-order valence-electron chi connectivity index (χ1n) is 13.0. The van der Waals surface area contributed by atoms with Crippen LogP contribution in [-0.2, 0) is 11.2 Å². The van der Waals surface area contributed by atoms with Crippen LogP contribution in [0.15, 0.2) is 53.3 Å². The summed E-state index contributed by atoms with van der Waals surface area (Å²) in [6.07, 6.45) is 12.9. The van der Waals surface area contributed by atoms with Crippen LogP contribution in [0.2, 0.25) is 0 Å². The number of unbranched alkanes of at least 4 members (excludes halogenated alkanes) is 1. The van der Waals surface area contributed by atoms with Gasteiger partial charge in [-0.15, -0.1) is 0 Å². The maximum Gasteiger partial charge on any atom is 0.328 e. The molecule has 0 aromatic carbocycles. The Kier molecular flexibility index (Phi) is 13.1. The molecule has 0 aliphatic heterocycles. The van der Waals surface area contributed by atoms with Gasteiger partial charge in [-0.1, -0.05) is 68.9 Å². The molecule has 2 aromatic heterocycles. The molecule has 10 nitrogen and oxygen atoms in total. The summed E-state index contributed by atoms with van der Waals surface area (Å²) in [6.45, 7) is 2.22. The summed E-state index contributed by atoms with van der Waals surface area (Å²) in [5, 5.41) is 25.7. The third-order valence-corrected chi connectivity index (χ3v) is 6.34. The summed E-state index contributed by atoms with van der Waals surface area (Å²) in [4.78, 5) is 22.6. The van der Waals surface area contributed by atoms with Crippen molar-refractivity contribution in [3.05, 3.63) is 59.2 Å². The molecule has 0 saturated heterocycles. The molecule has 0 fully saturated rings. The number of carboxylic acids is 1. The van der Waals surface area contributed by atoms with Gasteiger partial charge in [0, 0.05) is 18.3 Å². The number of nitrogens with two attached hydrogens (primary N) is 3. The van der Waals surface area contributed by atoms with Crippen LogP contribution in [0.1, 0.15) is 63.9 Å². The third kappa shape index (κ3) is 12.3. The van der Waals surface area contributed by atoms with Gasteiger partial charge in [0.2, 0.25) is 0 Å². The second-order valence-corrected chi connectivity index (χ2v) is 9.48. The van der Waals surface area contributed by atoms with Crippen molar-refractivity contribution in [1.29, 1.82) is 0 Å². The quantitative estimate of drug-likeness (QED) is 0.115. The molecule has 8 N–H and O–H groups in total. The number of aliphatic imine (C=N–C) groups is 1. The largest absolute Gasteiger partial charge is 0.859 e. The number of nitrogens with zero attached hydrogens (tertiary/aromatic N) is 3. The highest BCUT2D eigenvalue weighted by Crippen LogP contribution is 2.30. The van der Waals surface area contributed by atoms with E-state index in [-0.39, 0.29) is 30.3 Å². The van der Waals surface area contributed by atoms with Gasteiger partial charge in [0.05, 0.1) is 6.54 Å². The van der Waals surface area contributed by atoms with Crippen LogP contribution in [0, 0.1) is 5.92 Å². The van der Waals surface area contributed by atoms with E-state index in [0.717, 1.165) is 63.0 Å². The van der Waals surface area contributed by atoms with Crippen molar-refractivity contribution in [3.8, 4) is 5.88 Å². The van der Waals surface area contributed by atoms with Crippen LogP contribution < -0.4 is 22.3 Å². The van der Waals surface area contributed by atoms with Gasteiger partial charge in [-0.05, 0) is 61.1 Å². The van der Waals surface area contributed by atoms with Gasteiger partial charge in [0.1, 0.15) is 0 Å². The highest BCUT2D eigenvalue weighted by molar-refractivity contribution is 5.81. The summed E-state index contributed by atoms with van der Waals surface area (Å²) < 4.78 is 0. The van der Waals surface area contributed by atoms with Crippen molar-refractivity contribution < 1.29 is 15.0 Å². The lowest BCUT2D eigenvalue weighted by Crippen LogP contribution is -2.24. The van der Waals surface area contributed by atoms with Gasteiger partial charge in [0.15, 0.2) is 5.96 Å². The molecule has 204 valence electrons. The predicted molar refractivity (Wildman–Crippen MR) is 145 cm³/mol. The van der Waals surface area contributed by atoms with Crippen LogP contribution in [-0.4, -0.2) is 45.6 Å². The monoisotopic (exact) mass is 511 g/mol. The smallest absolute Gasteiger partial charge is 0.328 e. The molecule has 2 rings (SSSR count). The Bertz CT molecular complexity index is 970. The van der Waals surface area contributed by atoms with Crippen LogP contribution in [0.4, 0.5) is 5.82 Å². The van der Waals surface area contributed by atoms with Gasteiger partial charge >= 0.3 is 5.97 Å². The summed E-state index contributed by atoms with van der Waals surface area (Å²) in [7, 11) is 0. The molecule has 3 unspecified atom stereocenters. The number of hydrogen-bond donors (Lipinski definition) is 5. The van der Waals surface area contributed by atoms with Crippen molar-refractivity contribution in [2.45, 2.75) is 76.8 Å². The first kappa shape index (κ1) is 29.7. The van der Waals surface area contributed by atoms with E-state index in [1.165, 1.54) is 6.07 Å². The Labute approximate surface area is 219 Å². The molecular weight excluding hydrogens is 470 g/mol. The van der Waals surface area contributed by atoms with E-state index in [1.807, 2.05) is 18.2 Å². The van der Waals surface area contributed by atoms with Crippen LogP contribution in [0.3, 0.4) is 0 Å². The molecule has 2 heterocycles. The van der Waals surface area contributed by atoms with Crippen molar-refractivity contribution >= 4 is 17.7 Å². The van der Waals surface area contributed by atoms with E-state index in [2.05, 4.69) is 21.9 Å². The van der Waals surface area contributed by atoms with Crippen molar-refractivity contribution in [2.24, 2.45) is 28.1 Å². The van der Waals surface area contributed by atoms with Crippen LogP contribution >= 0.6 is 0 Å². The number of hydrogen-bond acceptors (Lipinski definition) is 5. The molecule has 3 atom stereocenters. The minimum atomic E-state index is -1.08. The normalized spacial score (nSPS) is 14.1. The van der Waals surface area contributed by atoms with Gasteiger partial charge in [-0.2, -0.15) is 0 Å². The van der Waals surface area contributed by atoms with Gasteiger partial charge in [-0.3, -0.25) is 4.98 Å². The van der Waals surface area contributed by atoms with Crippen molar-refractivity contribution in [1.82, 2.24) is 9.97 Å². The molecular formula is C27H41N7O3-2. The minimum absolute atomic E-state index is 0.0509. The fraction of sp³-hybridized carbons (Fsp3) is 0.519. The molecule has 37 heavy (non-hydrogen) atoms. The lowest BCUT2D eigenvalue weighted by molar-refractivity contribution is -0.275. The summed E-state index contributed by atoms with van der Waals surface area (Å²) in [5.74, 6) is -0.501. The Hall–Kier alpha value is -3.53. The Morgan fingerprint density at radius 3 is 2.59 bits per heavy atom. The minimum Gasteiger partial charge on any atom is -0.859 e. The second kappa shape index (κ2) is 16.3. The zero-order valence-corrected chi connectivity index (χ0v) is 21.7. The molecule has 0 amide bonds. The topological polar surface area (TPSA) is 194 Å². The third-order valence-electron chi connectivity index (χ3n) is 6.34. The first-order chi connectivity index (χ1) is 17.8. The van der Waals surface area contributed by atoms with E-state index < -0.39 is 12.0 Å². The molecule has 0 saturated carbocycles. The maximum absolute atomic E-state index is 11.6. The summed E-state index contributed by atoms with van der Waals surface area (Å²) in [5.41, 5.74) is 18.8. The number of nitrogens with one attached hydrogen (secondary N) is 1. The number of rotatable bonds is 18. The molecule has 0 bridgehead atoms. The molecule has 10 heteroatoms. The first-order valence-corrected chi connectivity index (χ1v) is 13.0. The lowest BCUT2D eigenvalue weighted by Gasteiger charge is -2.29. The van der Waals surface area contributed by atoms with Gasteiger partial charge in [-0.25, -0.2) is 9.79 Å². The molecule has 0 aliphatic rings. The standard InChI is InChI=1S/C27H42N7O3/c1-2-3-7-22(28)8-4-6-19(15-20-11-13-25(35)32-17-20)10-12-23(34-24-9-5-14-31-24)21(16-26(36)37)18-33-27(29)30/h5,9,11,13-14,16-17,19,22-23,31H,2-4,6-8,10,12,15,18,28H2,1H3,(H,32,35)(H,36,37)(H4,29,30,33)/q-1/p-1. The average Bonchev–Trinajstić information content (AvgIpc) is 3.37. The number of aromatic amines is 1. The highest BCUT2D eigenvalue weighted by atomic mass is 16.4. The SMILES string of the molecule is CCCCC(N)CCCC(CCC([N-]c1ccc[nH]1)C(=CC(=O)O)CN=C(N)N)Cc1ccc([O-])nc1. The fourth-order valence-corrected chi connectivity index (χ4v) is 4.38. The van der Waals surface area contributed by atoms with Crippen molar-refractivity contribution in [3.63, 3.8) is 0 Å². The van der Waals surface area contributed by atoms with E-state index >= 15 is 0 Å². The maximum atomic E-state index is 11.6. The number of aliphatic carboxylic acids is 1. The van der Waals surface area contributed by atoms with E-state index in [1.54, 1.807) is 12.4 Å². The Morgan fingerprint density at radius 2 is 1.97 bits per heavy atom. The summed E-state index contributed by atoms with van der Waals surface area (Å²) in [6, 6.07) is 6.75. The number of carboxylic acid groups (broad SMARTS) is 1. The number of carbonyl (C=O) groups is 1. The van der Waals surface area contributed by atoms with Crippen molar-refractivity contribution in [2.75, 3.05) is 6.54 Å². The lowest BCUT2D eigenvalue weighted by atomic mass is 9.87. The van der Waals surface area contributed by atoms with Crippen LogP contribution in [0.5, 0.6) is 5.88 Å².